The lowest BCUT2D eigenvalue weighted by atomic mass is 9.98. The Hall–Kier alpha value is -1.26. The van der Waals surface area contributed by atoms with E-state index in [9.17, 15) is 8.78 Å². The van der Waals surface area contributed by atoms with Crippen LogP contribution >= 0.6 is 15.9 Å². The van der Waals surface area contributed by atoms with E-state index in [0.717, 1.165) is 10.0 Å². The second kappa shape index (κ2) is 6.26. The highest BCUT2D eigenvalue weighted by atomic mass is 79.9. The minimum absolute atomic E-state index is 0.279. The molecule has 0 spiro atoms. The molecule has 100 valence electrons. The van der Waals surface area contributed by atoms with E-state index in [2.05, 4.69) is 21.2 Å². The minimum Gasteiger partial charge on any atom is -0.306 e. The van der Waals surface area contributed by atoms with Crippen LogP contribution in [-0.2, 0) is 0 Å². The van der Waals surface area contributed by atoms with Crippen LogP contribution in [0.4, 0.5) is 8.78 Å². The van der Waals surface area contributed by atoms with Gasteiger partial charge in [-0.1, -0.05) is 35.0 Å². The Bertz CT molecular complexity index is 555. The van der Waals surface area contributed by atoms with E-state index >= 15 is 0 Å². The maximum atomic E-state index is 14.0. The van der Waals surface area contributed by atoms with Gasteiger partial charge in [-0.25, -0.2) is 8.78 Å². The fourth-order valence-corrected chi connectivity index (χ4v) is 2.38. The van der Waals surface area contributed by atoms with Crippen molar-refractivity contribution in [3.63, 3.8) is 0 Å². The molecule has 0 bridgehead atoms. The highest BCUT2D eigenvalue weighted by Gasteiger charge is 2.17. The van der Waals surface area contributed by atoms with Gasteiger partial charge < -0.3 is 5.32 Å². The van der Waals surface area contributed by atoms with Gasteiger partial charge in [0.1, 0.15) is 11.6 Å². The first kappa shape index (κ1) is 14.2. The zero-order chi connectivity index (χ0) is 13.8. The van der Waals surface area contributed by atoms with Crippen LogP contribution < -0.4 is 5.32 Å². The molecule has 4 heteroatoms. The SMILES string of the molecule is CCNC(c1ccc(F)cc1)c1cc(Br)ccc1F. The summed E-state index contributed by atoms with van der Waals surface area (Å²) in [7, 11) is 0. The molecule has 0 heterocycles. The second-order valence-corrected chi connectivity index (χ2v) is 5.12. The van der Waals surface area contributed by atoms with E-state index in [1.54, 1.807) is 24.3 Å². The highest BCUT2D eigenvalue weighted by molar-refractivity contribution is 9.10. The Morgan fingerprint density at radius 3 is 2.42 bits per heavy atom. The van der Waals surface area contributed by atoms with Crippen molar-refractivity contribution in [3.05, 3.63) is 69.7 Å². The maximum Gasteiger partial charge on any atom is 0.128 e. The van der Waals surface area contributed by atoms with E-state index < -0.39 is 0 Å². The van der Waals surface area contributed by atoms with Gasteiger partial charge in [0.2, 0.25) is 0 Å². The molecule has 0 aliphatic rings. The largest absolute Gasteiger partial charge is 0.306 e. The number of rotatable bonds is 4. The fraction of sp³-hybridized carbons (Fsp3) is 0.200. The van der Waals surface area contributed by atoms with E-state index in [1.807, 2.05) is 6.92 Å². The summed E-state index contributed by atoms with van der Waals surface area (Å²) in [5.41, 5.74) is 1.38. The van der Waals surface area contributed by atoms with Crippen molar-refractivity contribution >= 4 is 15.9 Å². The van der Waals surface area contributed by atoms with Crippen LogP contribution in [0.15, 0.2) is 46.9 Å². The average molecular weight is 326 g/mol. The summed E-state index contributed by atoms with van der Waals surface area (Å²) < 4.78 is 27.8. The summed E-state index contributed by atoms with van der Waals surface area (Å²) in [6.07, 6.45) is 0. The van der Waals surface area contributed by atoms with Crippen LogP contribution in [0, 0.1) is 11.6 Å². The molecular formula is C15H14BrF2N. The second-order valence-electron chi connectivity index (χ2n) is 4.21. The first-order valence-electron chi connectivity index (χ1n) is 6.05. The van der Waals surface area contributed by atoms with Gasteiger partial charge >= 0.3 is 0 Å². The van der Waals surface area contributed by atoms with Crippen molar-refractivity contribution in [2.75, 3.05) is 6.54 Å². The molecule has 1 atom stereocenters. The molecular weight excluding hydrogens is 312 g/mol. The van der Waals surface area contributed by atoms with Gasteiger partial charge in [-0.3, -0.25) is 0 Å². The Balaban J connectivity index is 2.44. The van der Waals surface area contributed by atoms with Crippen LogP contribution in [0.3, 0.4) is 0 Å². The van der Waals surface area contributed by atoms with Gasteiger partial charge in [-0.05, 0) is 42.4 Å². The average Bonchev–Trinajstić information content (AvgIpc) is 2.40. The van der Waals surface area contributed by atoms with Gasteiger partial charge in [0.15, 0.2) is 0 Å². The first-order valence-corrected chi connectivity index (χ1v) is 6.85. The molecule has 1 nitrogen and oxygen atoms in total. The maximum absolute atomic E-state index is 14.0. The predicted molar refractivity (Wildman–Crippen MR) is 76.0 cm³/mol. The monoisotopic (exact) mass is 325 g/mol. The van der Waals surface area contributed by atoms with Gasteiger partial charge in [0, 0.05) is 10.0 Å². The number of hydrogen-bond donors (Lipinski definition) is 1. The van der Waals surface area contributed by atoms with Crippen LogP contribution in [0.25, 0.3) is 0 Å². The van der Waals surface area contributed by atoms with Crippen molar-refractivity contribution in [2.45, 2.75) is 13.0 Å². The summed E-state index contributed by atoms with van der Waals surface area (Å²) in [5.74, 6) is -0.577. The highest BCUT2D eigenvalue weighted by Crippen LogP contribution is 2.27. The lowest BCUT2D eigenvalue weighted by Gasteiger charge is -2.20. The summed E-state index contributed by atoms with van der Waals surface area (Å²) in [4.78, 5) is 0. The Kier molecular flexibility index (Phi) is 4.66. The molecule has 0 aliphatic carbocycles. The molecule has 1 N–H and O–H groups in total. The summed E-state index contributed by atoms with van der Waals surface area (Å²) in [6, 6.07) is 10.6. The molecule has 0 amide bonds. The Morgan fingerprint density at radius 2 is 1.79 bits per heavy atom. The molecule has 0 aromatic heterocycles. The molecule has 0 fully saturated rings. The molecule has 0 aliphatic heterocycles. The van der Waals surface area contributed by atoms with Gasteiger partial charge in [-0.15, -0.1) is 0 Å². The van der Waals surface area contributed by atoms with Crippen LogP contribution in [0.1, 0.15) is 24.1 Å². The molecule has 19 heavy (non-hydrogen) atoms. The van der Waals surface area contributed by atoms with E-state index in [-0.39, 0.29) is 17.7 Å². The third-order valence-corrected chi connectivity index (χ3v) is 3.37. The van der Waals surface area contributed by atoms with Crippen molar-refractivity contribution in [1.82, 2.24) is 5.32 Å². The van der Waals surface area contributed by atoms with Crippen molar-refractivity contribution in [3.8, 4) is 0 Å². The predicted octanol–water partition coefficient (Wildman–Crippen LogP) is 4.43. The molecule has 2 aromatic rings. The van der Waals surface area contributed by atoms with Crippen molar-refractivity contribution < 1.29 is 8.78 Å². The Labute approximate surface area is 119 Å². The zero-order valence-corrected chi connectivity index (χ0v) is 12.0. The molecule has 1 unspecified atom stereocenters. The number of halogens is 3. The fourth-order valence-electron chi connectivity index (χ4n) is 2.00. The number of benzene rings is 2. The lowest BCUT2D eigenvalue weighted by molar-refractivity contribution is 0.557. The van der Waals surface area contributed by atoms with E-state index in [1.165, 1.54) is 18.2 Å². The third-order valence-electron chi connectivity index (χ3n) is 2.88. The van der Waals surface area contributed by atoms with Gasteiger partial charge in [0.25, 0.3) is 0 Å². The van der Waals surface area contributed by atoms with Gasteiger partial charge in [0.05, 0.1) is 6.04 Å². The van der Waals surface area contributed by atoms with E-state index in [0.29, 0.717) is 12.1 Å². The first-order chi connectivity index (χ1) is 9.11. The minimum atomic E-state index is -0.297. The van der Waals surface area contributed by atoms with Crippen molar-refractivity contribution in [2.24, 2.45) is 0 Å². The topological polar surface area (TPSA) is 12.0 Å². The molecule has 0 saturated carbocycles. The third kappa shape index (κ3) is 3.39. The molecule has 2 rings (SSSR count). The normalized spacial score (nSPS) is 12.4. The molecule has 0 saturated heterocycles. The number of hydrogen-bond acceptors (Lipinski definition) is 1. The molecule has 0 radical (unpaired) electrons. The summed E-state index contributed by atoms with van der Waals surface area (Å²) in [5, 5.41) is 3.22. The smallest absolute Gasteiger partial charge is 0.128 e. The van der Waals surface area contributed by atoms with Gasteiger partial charge in [-0.2, -0.15) is 0 Å². The zero-order valence-electron chi connectivity index (χ0n) is 10.5. The van der Waals surface area contributed by atoms with Crippen molar-refractivity contribution in [1.29, 1.82) is 0 Å². The quantitative estimate of drug-likeness (QED) is 0.877. The van der Waals surface area contributed by atoms with E-state index in [4.69, 9.17) is 0 Å². The van der Waals surface area contributed by atoms with Crippen LogP contribution in [0.2, 0.25) is 0 Å². The van der Waals surface area contributed by atoms with Crippen LogP contribution in [-0.4, -0.2) is 6.54 Å². The summed E-state index contributed by atoms with van der Waals surface area (Å²) >= 11 is 3.35. The molecule has 2 aromatic carbocycles. The summed E-state index contributed by atoms with van der Waals surface area (Å²) in [6.45, 7) is 2.64. The standard InChI is InChI=1S/C15H14BrF2N/c1-2-19-15(10-3-6-12(17)7-4-10)13-9-11(16)5-8-14(13)18/h3-9,15,19H,2H2,1H3. The number of nitrogens with one attached hydrogen (secondary N) is 1. The van der Waals surface area contributed by atoms with Crippen LogP contribution in [0.5, 0.6) is 0 Å². The Morgan fingerprint density at radius 1 is 1.11 bits per heavy atom. The lowest BCUT2D eigenvalue weighted by Crippen LogP contribution is -2.23.